The van der Waals surface area contributed by atoms with Crippen molar-refractivity contribution in [3.63, 3.8) is 0 Å². The lowest BCUT2D eigenvalue weighted by molar-refractivity contribution is -0.117. The quantitative estimate of drug-likeness (QED) is 0.416. The maximum Gasteiger partial charge on any atom is 0.231 e. The standard InChI is InChI=1S/C18H26N4OS.HI/c1-18(2)13-21(10-11-24-18)17(19-3)20-8-9-22-15-7-5-4-6-14(15)12-16(22)23;/h4-7H,8-13H2,1-3H3,(H,19,20);1H. The third-order valence-corrected chi connectivity index (χ3v) is 5.78. The van der Waals surface area contributed by atoms with E-state index in [2.05, 4.69) is 29.1 Å². The zero-order valence-corrected chi connectivity index (χ0v) is 18.3. The van der Waals surface area contributed by atoms with Crippen LogP contribution in [0.25, 0.3) is 0 Å². The second-order valence-electron chi connectivity index (χ2n) is 6.85. The normalized spacial score (nSPS) is 19.5. The Kier molecular flexibility index (Phi) is 7.01. The first-order valence-electron chi connectivity index (χ1n) is 8.48. The number of rotatable bonds is 3. The van der Waals surface area contributed by atoms with Crippen molar-refractivity contribution in [3.05, 3.63) is 29.8 Å². The van der Waals surface area contributed by atoms with Crippen LogP contribution in [0.4, 0.5) is 5.69 Å². The lowest BCUT2D eigenvalue weighted by atomic mass is 10.2. The van der Waals surface area contributed by atoms with Crippen LogP contribution in [0, 0.1) is 0 Å². The molecule has 1 aromatic carbocycles. The number of hydrogen-bond acceptors (Lipinski definition) is 3. The Morgan fingerprint density at radius 2 is 2.12 bits per heavy atom. The highest BCUT2D eigenvalue weighted by Gasteiger charge is 2.29. The Labute approximate surface area is 171 Å². The van der Waals surface area contributed by atoms with E-state index in [-0.39, 0.29) is 34.6 Å². The molecule has 0 bridgehead atoms. The molecule has 7 heteroatoms. The first-order valence-corrected chi connectivity index (χ1v) is 9.46. The fourth-order valence-electron chi connectivity index (χ4n) is 3.37. The van der Waals surface area contributed by atoms with Crippen molar-refractivity contribution in [3.8, 4) is 0 Å². The largest absolute Gasteiger partial charge is 0.354 e. The van der Waals surface area contributed by atoms with E-state index in [1.54, 1.807) is 0 Å². The lowest BCUT2D eigenvalue weighted by Gasteiger charge is -2.39. The van der Waals surface area contributed by atoms with Crippen LogP contribution in [0.5, 0.6) is 0 Å². The summed E-state index contributed by atoms with van der Waals surface area (Å²) in [5, 5.41) is 3.43. The second-order valence-corrected chi connectivity index (χ2v) is 8.66. The van der Waals surface area contributed by atoms with Gasteiger partial charge in [0.25, 0.3) is 0 Å². The molecule has 3 rings (SSSR count). The van der Waals surface area contributed by atoms with Crippen molar-refractivity contribution in [1.29, 1.82) is 0 Å². The van der Waals surface area contributed by atoms with Crippen LogP contribution < -0.4 is 10.2 Å². The van der Waals surface area contributed by atoms with Crippen LogP contribution in [0.2, 0.25) is 0 Å². The zero-order chi connectivity index (χ0) is 17.2. The first kappa shape index (κ1) is 20.4. The van der Waals surface area contributed by atoms with Gasteiger partial charge in [0.05, 0.1) is 6.42 Å². The van der Waals surface area contributed by atoms with Gasteiger partial charge in [-0.2, -0.15) is 11.8 Å². The predicted molar refractivity (Wildman–Crippen MR) is 117 cm³/mol. The van der Waals surface area contributed by atoms with Crippen molar-refractivity contribution in [2.24, 2.45) is 4.99 Å². The minimum Gasteiger partial charge on any atom is -0.354 e. The molecule has 0 aromatic heterocycles. The maximum atomic E-state index is 12.2. The molecule has 2 heterocycles. The molecule has 1 aromatic rings. The molecule has 1 saturated heterocycles. The number of thioether (sulfide) groups is 1. The molecule has 5 nitrogen and oxygen atoms in total. The van der Waals surface area contributed by atoms with Crippen molar-refractivity contribution >= 4 is 53.3 Å². The number of carbonyl (C=O) groups is 1. The van der Waals surface area contributed by atoms with E-state index in [0.717, 1.165) is 36.1 Å². The van der Waals surface area contributed by atoms with Crippen LogP contribution in [0.1, 0.15) is 19.4 Å². The summed E-state index contributed by atoms with van der Waals surface area (Å²) in [5.74, 6) is 2.23. The maximum absolute atomic E-state index is 12.2. The van der Waals surface area contributed by atoms with Crippen LogP contribution in [-0.2, 0) is 11.2 Å². The number of fused-ring (bicyclic) bond motifs is 1. The summed E-state index contributed by atoms with van der Waals surface area (Å²) in [6.07, 6.45) is 0.516. The molecule has 2 aliphatic rings. The number of carbonyl (C=O) groups excluding carboxylic acids is 1. The highest BCUT2D eigenvalue weighted by atomic mass is 127. The molecule has 138 valence electrons. The Bertz CT molecular complexity index is 650. The minimum absolute atomic E-state index is 0. The summed E-state index contributed by atoms with van der Waals surface area (Å²) >= 11 is 2.01. The number of amides is 1. The van der Waals surface area contributed by atoms with Gasteiger partial charge in [0.1, 0.15) is 0 Å². The Hall–Kier alpha value is -0.960. The van der Waals surface area contributed by atoms with Gasteiger partial charge in [0.15, 0.2) is 5.96 Å². The zero-order valence-electron chi connectivity index (χ0n) is 15.1. The SMILES string of the molecule is CN=C(NCCN1C(=O)Cc2ccccc21)N1CCSC(C)(C)C1.I. The Morgan fingerprint density at radius 3 is 2.84 bits per heavy atom. The van der Waals surface area contributed by atoms with Gasteiger partial charge >= 0.3 is 0 Å². The third-order valence-electron chi connectivity index (χ3n) is 4.48. The summed E-state index contributed by atoms with van der Waals surface area (Å²) in [7, 11) is 1.83. The van der Waals surface area contributed by atoms with E-state index < -0.39 is 0 Å². The summed E-state index contributed by atoms with van der Waals surface area (Å²) < 4.78 is 0.250. The van der Waals surface area contributed by atoms with Crippen LogP contribution in [-0.4, -0.2) is 60.5 Å². The fraction of sp³-hybridized carbons (Fsp3) is 0.556. The molecule has 1 fully saturated rings. The number of guanidine groups is 1. The monoisotopic (exact) mass is 474 g/mol. The van der Waals surface area contributed by atoms with E-state index in [4.69, 9.17) is 0 Å². The molecule has 0 saturated carbocycles. The van der Waals surface area contributed by atoms with Gasteiger partial charge in [-0.15, -0.1) is 24.0 Å². The third kappa shape index (κ3) is 4.81. The number of aliphatic imine (C=N–C) groups is 1. The number of hydrogen-bond donors (Lipinski definition) is 1. The average Bonchev–Trinajstić information content (AvgIpc) is 2.86. The molecular weight excluding hydrogens is 447 g/mol. The lowest BCUT2D eigenvalue weighted by Crippen LogP contribution is -2.52. The Balaban J connectivity index is 0.00000225. The van der Waals surface area contributed by atoms with Crippen molar-refractivity contribution in [2.45, 2.75) is 25.0 Å². The number of para-hydroxylation sites is 1. The molecular formula is C18H27IN4OS. The topological polar surface area (TPSA) is 47.9 Å². The van der Waals surface area contributed by atoms with Crippen LogP contribution >= 0.6 is 35.7 Å². The predicted octanol–water partition coefficient (Wildman–Crippen LogP) is 2.60. The van der Waals surface area contributed by atoms with Crippen molar-refractivity contribution < 1.29 is 4.79 Å². The van der Waals surface area contributed by atoms with Crippen LogP contribution in [0.15, 0.2) is 29.3 Å². The van der Waals surface area contributed by atoms with Crippen molar-refractivity contribution in [1.82, 2.24) is 10.2 Å². The minimum atomic E-state index is 0. The molecule has 2 aliphatic heterocycles. The van der Waals surface area contributed by atoms with Crippen molar-refractivity contribution in [2.75, 3.05) is 43.9 Å². The van der Waals surface area contributed by atoms with E-state index in [0.29, 0.717) is 19.5 Å². The second kappa shape index (κ2) is 8.62. The van der Waals surface area contributed by atoms with Gasteiger partial charge in [-0.25, -0.2) is 0 Å². The summed E-state index contributed by atoms with van der Waals surface area (Å²) in [5.41, 5.74) is 2.18. The van der Waals surface area contributed by atoms with Gasteiger partial charge < -0.3 is 15.1 Å². The molecule has 25 heavy (non-hydrogen) atoms. The highest BCUT2D eigenvalue weighted by Crippen LogP contribution is 2.29. The van der Waals surface area contributed by atoms with E-state index >= 15 is 0 Å². The van der Waals surface area contributed by atoms with E-state index in [1.807, 2.05) is 48.0 Å². The van der Waals surface area contributed by atoms with E-state index in [9.17, 15) is 4.79 Å². The van der Waals surface area contributed by atoms with Crippen LogP contribution in [0.3, 0.4) is 0 Å². The number of anilines is 1. The van der Waals surface area contributed by atoms with Gasteiger partial charge in [-0.05, 0) is 25.5 Å². The molecule has 0 unspecified atom stereocenters. The smallest absolute Gasteiger partial charge is 0.231 e. The Morgan fingerprint density at radius 1 is 1.36 bits per heavy atom. The highest BCUT2D eigenvalue weighted by molar-refractivity contribution is 14.0. The molecule has 0 aliphatic carbocycles. The molecule has 0 spiro atoms. The van der Waals surface area contributed by atoms with E-state index in [1.165, 1.54) is 0 Å². The summed E-state index contributed by atoms with van der Waals surface area (Å²) in [4.78, 5) is 20.8. The first-order chi connectivity index (χ1) is 11.5. The average molecular weight is 474 g/mol. The van der Waals surface area contributed by atoms with Gasteiger partial charge in [-0.3, -0.25) is 9.79 Å². The number of nitrogens with zero attached hydrogens (tertiary/aromatic N) is 3. The molecule has 1 N–H and O–H groups in total. The number of benzene rings is 1. The molecule has 1 amide bonds. The van der Waals surface area contributed by atoms with Gasteiger partial charge in [0, 0.05) is 49.4 Å². The van der Waals surface area contributed by atoms with Gasteiger partial charge in [0.2, 0.25) is 5.91 Å². The number of nitrogens with one attached hydrogen (secondary N) is 1. The number of halogens is 1. The summed E-state index contributed by atoms with van der Waals surface area (Å²) in [6.45, 7) is 7.92. The summed E-state index contributed by atoms with van der Waals surface area (Å²) in [6, 6.07) is 8.04. The molecule has 0 atom stereocenters. The fourth-order valence-corrected chi connectivity index (χ4v) is 4.48. The molecule has 0 radical (unpaired) electrons. The van der Waals surface area contributed by atoms with Gasteiger partial charge in [-0.1, -0.05) is 18.2 Å².